The molecule has 0 aliphatic carbocycles. The zero-order valence-corrected chi connectivity index (χ0v) is 13.9. The van der Waals surface area contributed by atoms with Gasteiger partial charge < -0.3 is 10.4 Å². The van der Waals surface area contributed by atoms with Crippen LogP contribution < -0.4 is 5.32 Å². The van der Waals surface area contributed by atoms with E-state index in [1.165, 1.54) is 4.88 Å². The van der Waals surface area contributed by atoms with Gasteiger partial charge in [0, 0.05) is 17.5 Å². The first-order valence-corrected chi connectivity index (χ1v) is 8.44. The minimum absolute atomic E-state index is 0.133. The van der Waals surface area contributed by atoms with Gasteiger partial charge in [0.15, 0.2) is 5.78 Å². The average Bonchev–Trinajstić information content (AvgIpc) is 3.00. The normalized spacial score (nSPS) is 13.8. The first-order chi connectivity index (χ1) is 10.6. The Morgan fingerprint density at radius 2 is 1.95 bits per heavy atom. The molecule has 0 bridgehead atoms. The van der Waals surface area contributed by atoms with Crippen LogP contribution in [0.25, 0.3) is 0 Å². The molecular formula is C18H23NO2S. The van der Waals surface area contributed by atoms with Crippen molar-refractivity contribution < 1.29 is 9.90 Å². The number of aliphatic hydroxyl groups is 1. The van der Waals surface area contributed by atoms with E-state index in [-0.39, 0.29) is 5.78 Å². The van der Waals surface area contributed by atoms with E-state index in [9.17, 15) is 9.90 Å². The maximum atomic E-state index is 11.3. The molecule has 2 atom stereocenters. The fourth-order valence-electron chi connectivity index (χ4n) is 2.27. The van der Waals surface area contributed by atoms with Crippen LogP contribution in [-0.2, 0) is 6.42 Å². The third-order valence-corrected chi connectivity index (χ3v) is 4.92. The molecule has 0 fully saturated rings. The number of hydrogen-bond donors (Lipinski definition) is 2. The quantitative estimate of drug-likeness (QED) is 0.732. The molecule has 118 valence electrons. The van der Waals surface area contributed by atoms with Crippen LogP contribution in [0.3, 0.4) is 0 Å². The van der Waals surface area contributed by atoms with Gasteiger partial charge in [-0.1, -0.05) is 30.3 Å². The second-order valence-corrected chi connectivity index (χ2v) is 6.76. The van der Waals surface area contributed by atoms with Gasteiger partial charge in [0.1, 0.15) is 0 Å². The van der Waals surface area contributed by atoms with Gasteiger partial charge in [-0.15, -0.1) is 11.3 Å². The van der Waals surface area contributed by atoms with Gasteiger partial charge in [0.2, 0.25) is 0 Å². The Labute approximate surface area is 136 Å². The number of aryl methyl sites for hydroxylation is 1. The molecule has 0 unspecified atom stereocenters. The van der Waals surface area contributed by atoms with Crippen molar-refractivity contribution in [1.82, 2.24) is 5.32 Å². The van der Waals surface area contributed by atoms with Crippen molar-refractivity contribution in [3.05, 3.63) is 57.8 Å². The highest BCUT2D eigenvalue weighted by atomic mass is 32.1. The highest BCUT2D eigenvalue weighted by Crippen LogP contribution is 2.19. The topological polar surface area (TPSA) is 49.3 Å². The summed E-state index contributed by atoms with van der Waals surface area (Å²) in [4.78, 5) is 13.3. The van der Waals surface area contributed by atoms with Crippen LogP contribution in [-0.4, -0.2) is 23.5 Å². The standard InChI is InChI=1S/C18H23NO2S/c1-13(8-9-16-10-11-18(22-16)14(2)20)19-12-17(21)15-6-4-3-5-7-15/h3-7,10-11,13,17,19,21H,8-9,12H2,1-2H3/t13-,17+/m1/s1. The summed E-state index contributed by atoms with van der Waals surface area (Å²) in [7, 11) is 0. The van der Waals surface area contributed by atoms with Crippen LogP contribution in [0.2, 0.25) is 0 Å². The molecule has 2 N–H and O–H groups in total. The molecule has 0 aliphatic heterocycles. The van der Waals surface area contributed by atoms with Gasteiger partial charge in [-0.05, 0) is 44.4 Å². The van der Waals surface area contributed by atoms with Crippen molar-refractivity contribution in [2.24, 2.45) is 0 Å². The van der Waals surface area contributed by atoms with Gasteiger partial charge in [0.05, 0.1) is 11.0 Å². The molecule has 0 radical (unpaired) electrons. The zero-order valence-electron chi connectivity index (χ0n) is 13.1. The van der Waals surface area contributed by atoms with Crippen molar-refractivity contribution in [3.8, 4) is 0 Å². The highest BCUT2D eigenvalue weighted by Gasteiger charge is 2.10. The van der Waals surface area contributed by atoms with E-state index in [0.717, 1.165) is 23.3 Å². The Bertz CT molecular complexity index is 594. The van der Waals surface area contributed by atoms with Crippen molar-refractivity contribution in [2.75, 3.05) is 6.54 Å². The summed E-state index contributed by atoms with van der Waals surface area (Å²) in [6.45, 7) is 4.27. The lowest BCUT2D eigenvalue weighted by atomic mass is 10.1. The van der Waals surface area contributed by atoms with Crippen LogP contribution in [0.5, 0.6) is 0 Å². The monoisotopic (exact) mass is 317 g/mol. The maximum Gasteiger partial charge on any atom is 0.169 e. The summed E-state index contributed by atoms with van der Waals surface area (Å²) in [6, 6.07) is 13.9. The van der Waals surface area contributed by atoms with Crippen molar-refractivity contribution in [3.63, 3.8) is 0 Å². The average molecular weight is 317 g/mol. The molecule has 2 aromatic rings. The molecule has 3 nitrogen and oxygen atoms in total. The summed E-state index contributed by atoms with van der Waals surface area (Å²) in [6.07, 6.45) is 1.46. The molecule has 4 heteroatoms. The first kappa shape index (κ1) is 16.9. The molecule has 0 amide bonds. The van der Waals surface area contributed by atoms with Gasteiger partial charge >= 0.3 is 0 Å². The molecule has 0 saturated carbocycles. The Morgan fingerprint density at radius 3 is 2.59 bits per heavy atom. The van der Waals surface area contributed by atoms with E-state index < -0.39 is 6.10 Å². The smallest absolute Gasteiger partial charge is 0.169 e. The zero-order chi connectivity index (χ0) is 15.9. The molecule has 1 heterocycles. The molecule has 0 spiro atoms. The molecular weight excluding hydrogens is 294 g/mol. The molecule has 2 rings (SSSR count). The van der Waals surface area contributed by atoms with Gasteiger partial charge in [-0.25, -0.2) is 0 Å². The van der Waals surface area contributed by atoms with E-state index in [1.807, 2.05) is 42.5 Å². The predicted molar refractivity (Wildman–Crippen MR) is 91.5 cm³/mol. The summed E-state index contributed by atoms with van der Waals surface area (Å²) in [5.41, 5.74) is 0.937. The number of carbonyl (C=O) groups is 1. The van der Waals surface area contributed by atoms with E-state index >= 15 is 0 Å². The van der Waals surface area contributed by atoms with Crippen molar-refractivity contribution >= 4 is 17.1 Å². The SMILES string of the molecule is CC(=O)c1ccc(CC[C@@H](C)NC[C@H](O)c2ccccc2)s1. The van der Waals surface area contributed by atoms with Gasteiger partial charge in [-0.3, -0.25) is 4.79 Å². The Balaban J connectivity index is 1.73. The van der Waals surface area contributed by atoms with E-state index in [2.05, 4.69) is 12.2 Å². The fourth-order valence-corrected chi connectivity index (χ4v) is 3.19. The lowest BCUT2D eigenvalue weighted by Gasteiger charge is -2.17. The summed E-state index contributed by atoms with van der Waals surface area (Å²) >= 11 is 1.58. The van der Waals surface area contributed by atoms with Crippen LogP contribution in [0, 0.1) is 0 Å². The summed E-state index contributed by atoms with van der Waals surface area (Å²) in [5, 5.41) is 13.5. The Morgan fingerprint density at radius 1 is 1.23 bits per heavy atom. The number of carbonyl (C=O) groups excluding carboxylic acids is 1. The molecule has 1 aromatic carbocycles. The van der Waals surface area contributed by atoms with Crippen LogP contribution in [0.4, 0.5) is 0 Å². The molecule has 0 saturated heterocycles. The number of benzene rings is 1. The largest absolute Gasteiger partial charge is 0.387 e. The van der Waals surface area contributed by atoms with Crippen LogP contribution in [0.1, 0.15) is 46.5 Å². The third-order valence-electron chi connectivity index (χ3n) is 3.68. The molecule has 0 aliphatic rings. The number of rotatable bonds is 8. The first-order valence-electron chi connectivity index (χ1n) is 7.62. The number of hydrogen-bond acceptors (Lipinski definition) is 4. The summed E-state index contributed by atoms with van der Waals surface area (Å²) in [5.74, 6) is 0.133. The van der Waals surface area contributed by atoms with Gasteiger partial charge in [0.25, 0.3) is 0 Å². The van der Waals surface area contributed by atoms with E-state index in [4.69, 9.17) is 0 Å². The lowest BCUT2D eigenvalue weighted by molar-refractivity contribution is 0.102. The number of thiophene rings is 1. The maximum absolute atomic E-state index is 11.3. The van der Waals surface area contributed by atoms with E-state index in [0.29, 0.717) is 12.6 Å². The third kappa shape index (κ3) is 5.05. The minimum Gasteiger partial charge on any atom is -0.387 e. The Kier molecular flexibility index (Phi) is 6.31. The van der Waals surface area contributed by atoms with Crippen molar-refractivity contribution in [2.45, 2.75) is 38.8 Å². The number of nitrogens with one attached hydrogen (secondary N) is 1. The second kappa shape index (κ2) is 8.22. The number of aliphatic hydroxyl groups excluding tert-OH is 1. The van der Waals surface area contributed by atoms with E-state index in [1.54, 1.807) is 18.3 Å². The van der Waals surface area contributed by atoms with Crippen LogP contribution >= 0.6 is 11.3 Å². The minimum atomic E-state index is -0.477. The molecule has 1 aromatic heterocycles. The second-order valence-electron chi connectivity index (χ2n) is 5.60. The number of ketones is 1. The highest BCUT2D eigenvalue weighted by molar-refractivity contribution is 7.14. The lowest BCUT2D eigenvalue weighted by Crippen LogP contribution is -2.30. The fraction of sp³-hybridized carbons (Fsp3) is 0.389. The number of Topliss-reactive ketones (excluding diaryl/α,β-unsaturated/α-hetero) is 1. The van der Waals surface area contributed by atoms with Crippen molar-refractivity contribution in [1.29, 1.82) is 0 Å². The van der Waals surface area contributed by atoms with Crippen LogP contribution in [0.15, 0.2) is 42.5 Å². The Hall–Kier alpha value is -1.49. The predicted octanol–water partition coefficient (Wildman–Crippen LogP) is 3.60. The molecule has 22 heavy (non-hydrogen) atoms. The van der Waals surface area contributed by atoms with Gasteiger partial charge in [-0.2, -0.15) is 0 Å². The summed E-state index contributed by atoms with van der Waals surface area (Å²) < 4.78 is 0.